The van der Waals surface area contributed by atoms with E-state index in [1.807, 2.05) is 31.2 Å². The van der Waals surface area contributed by atoms with Crippen LogP contribution in [0.4, 0.5) is 0 Å². The highest BCUT2D eigenvalue weighted by Crippen LogP contribution is 2.50. The Labute approximate surface area is 82.2 Å². The van der Waals surface area contributed by atoms with Crippen LogP contribution in [0.15, 0.2) is 30.8 Å². The van der Waals surface area contributed by atoms with Crippen molar-refractivity contribution in [3.05, 3.63) is 42.0 Å². The molecule has 70 valence electrons. The van der Waals surface area contributed by atoms with Crippen LogP contribution in [-0.4, -0.2) is 17.5 Å². The van der Waals surface area contributed by atoms with E-state index in [0.29, 0.717) is 0 Å². The minimum absolute atomic E-state index is 0.0884. The van der Waals surface area contributed by atoms with E-state index in [0.717, 1.165) is 16.7 Å². The number of benzene rings is 1. The molecule has 2 aliphatic rings. The summed E-state index contributed by atoms with van der Waals surface area (Å²) in [6, 6.07) is 7.56. The summed E-state index contributed by atoms with van der Waals surface area (Å²) in [5, 5.41) is 0. The van der Waals surface area contributed by atoms with Crippen LogP contribution in [0.3, 0.4) is 0 Å². The summed E-state index contributed by atoms with van der Waals surface area (Å²) >= 11 is 0. The summed E-state index contributed by atoms with van der Waals surface area (Å²) in [6.07, 6.45) is -0.0927. The molecule has 2 unspecified atom stereocenters. The molecular formula is C12H10O2. The molecule has 14 heavy (non-hydrogen) atoms. The molecule has 0 amide bonds. The molecule has 1 aromatic rings. The van der Waals surface area contributed by atoms with Crippen LogP contribution < -0.4 is 0 Å². The monoisotopic (exact) mass is 186 g/mol. The molecular weight excluding hydrogens is 176 g/mol. The number of fused-ring (bicyclic) bond motifs is 2. The Morgan fingerprint density at radius 1 is 1.36 bits per heavy atom. The fraction of sp³-hybridized carbons (Fsp3) is 0.250. The van der Waals surface area contributed by atoms with Crippen LogP contribution in [0.1, 0.15) is 22.8 Å². The first kappa shape index (κ1) is 7.94. The maximum absolute atomic E-state index is 12.0. The molecule has 0 saturated carbocycles. The van der Waals surface area contributed by atoms with Gasteiger partial charge in [0.25, 0.3) is 0 Å². The van der Waals surface area contributed by atoms with Crippen LogP contribution >= 0.6 is 0 Å². The predicted molar refractivity (Wildman–Crippen MR) is 53.1 cm³/mol. The minimum Gasteiger partial charge on any atom is -0.353 e. The van der Waals surface area contributed by atoms with Crippen molar-refractivity contribution in [2.45, 2.75) is 18.6 Å². The zero-order chi connectivity index (χ0) is 9.92. The van der Waals surface area contributed by atoms with E-state index in [9.17, 15) is 4.79 Å². The van der Waals surface area contributed by atoms with Gasteiger partial charge in [0.1, 0.15) is 6.10 Å². The second-order valence-electron chi connectivity index (χ2n) is 4.00. The average Bonchev–Trinajstić information content (AvgIpc) is 2.89. The molecule has 2 heteroatoms. The summed E-state index contributed by atoms with van der Waals surface area (Å²) in [5.41, 5.74) is 2.00. The zero-order valence-electron chi connectivity index (χ0n) is 7.91. The fourth-order valence-corrected chi connectivity index (χ4v) is 2.16. The lowest BCUT2D eigenvalue weighted by atomic mass is 9.81. The van der Waals surface area contributed by atoms with Gasteiger partial charge in [0.2, 0.25) is 0 Å². The Bertz CT molecular complexity index is 461. The van der Waals surface area contributed by atoms with E-state index in [-0.39, 0.29) is 11.9 Å². The molecule has 2 atom stereocenters. The first-order valence-electron chi connectivity index (χ1n) is 4.65. The molecule has 2 nitrogen and oxygen atoms in total. The lowest BCUT2D eigenvalue weighted by Gasteiger charge is -2.17. The third-order valence-corrected chi connectivity index (χ3v) is 3.09. The lowest BCUT2D eigenvalue weighted by molar-refractivity contribution is 0.0887. The van der Waals surface area contributed by atoms with E-state index in [1.54, 1.807) is 0 Å². The smallest absolute Gasteiger partial charge is 0.198 e. The van der Waals surface area contributed by atoms with Gasteiger partial charge in [-0.05, 0) is 18.1 Å². The number of rotatable bonds is 0. The number of carbonyl (C=O) groups excluding carboxylic acids is 1. The van der Waals surface area contributed by atoms with Crippen molar-refractivity contribution in [1.82, 2.24) is 0 Å². The van der Waals surface area contributed by atoms with Crippen molar-refractivity contribution in [2.75, 3.05) is 0 Å². The molecule has 1 aromatic carbocycles. The second-order valence-corrected chi connectivity index (χ2v) is 4.00. The number of hydrogen-bond donors (Lipinski definition) is 0. The second kappa shape index (κ2) is 2.15. The van der Waals surface area contributed by atoms with Gasteiger partial charge in [0, 0.05) is 5.56 Å². The Kier molecular flexibility index (Phi) is 1.22. The molecule has 0 N–H and O–H groups in total. The Morgan fingerprint density at radius 2 is 2.00 bits per heavy atom. The van der Waals surface area contributed by atoms with Gasteiger partial charge >= 0.3 is 0 Å². The molecule has 1 fully saturated rings. The van der Waals surface area contributed by atoms with Crippen molar-refractivity contribution < 1.29 is 9.53 Å². The van der Waals surface area contributed by atoms with Crippen LogP contribution in [0, 0.1) is 0 Å². The SMILES string of the molecule is C=C1c2ccccc2C(=O)C2(C)OC12. The van der Waals surface area contributed by atoms with Crippen LogP contribution in [-0.2, 0) is 4.74 Å². The fourth-order valence-electron chi connectivity index (χ4n) is 2.16. The number of hydrogen-bond acceptors (Lipinski definition) is 2. The quantitative estimate of drug-likeness (QED) is 0.580. The molecule has 1 aliphatic carbocycles. The van der Waals surface area contributed by atoms with Crippen molar-refractivity contribution in [3.8, 4) is 0 Å². The number of ketones is 1. The zero-order valence-corrected chi connectivity index (χ0v) is 7.91. The molecule has 1 saturated heterocycles. The Morgan fingerprint density at radius 3 is 2.71 bits per heavy atom. The Balaban J connectivity index is 2.27. The van der Waals surface area contributed by atoms with Gasteiger partial charge in [-0.2, -0.15) is 0 Å². The molecule has 1 aliphatic heterocycles. The van der Waals surface area contributed by atoms with Crippen LogP contribution in [0.5, 0.6) is 0 Å². The standard InChI is InChI=1S/C12H10O2/c1-7-8-5-3-4-6-9(8)10(13)12(2)11(7)14-12/h3-6,11H,1H2,2H3. The molecule has 3 rings (SSSR count). The maximum Gasteiger partial charge on any atom is 0.198 e. The molecule has 1 heterocycles. The van der Waals surface area contributed by atoms with Crippen molar-refractivity contribution in [3.63, 3.8) is 0 Å². The highest BCUT2D eigenvalue weighted by atomic mass is 16.6. The number of Topliss-reactive ketones (excluding diaryl/α,β-unsaturated/α-hetero) is 1. The van der Waals surface area contributed by atoms with Crippen molar-refractivity contribution in [2.24, 2.45) is 0 Å². The van der Waals surface area contributed by atoms with E-state index < -0.39 is 5.60 Å². The predicted octanol–water partition coefficient (Wildman–Crippen LogP) is 2.05. The summed E-state index contributed by atoms with van der Waals surface area (Å²) in [4.78, 5) is 12.0. The topological polar surface area (TPSA) is 29.6 Å². The summed E-state index contributed by atoms with van der Waals surface area (Å²) in [6.45, 7) is 5.82. The highest BCUT2D eigenvalue weighted by Gasteiger charge is 2.62. The third kappa shape index (κ3) is 0.727. The van der Waals surface area contributed by atoms with E-state index in [1.165, 1.54) is 0 Å². The van der Waals surface area contributed by atoms with Crippen LogP contribution in [0.2, 0.25) is 0 Å². The van der Waals surface area contributed by atoms with E-state index in [4.69, 9.17) is 4.74 Å². The number of ether oxygens (including phenoxy) is 1. The Hall–Kier alpha value is -1.41. The van der Waals surface area contributed by atoms with Gasteiger partial charge in [-0.15, -0.1) is 0 Å². The average molecular weight is 186 g/mol. The van der Waals surface area contributed by atoms with Crippen LogP contribution in [0.25, 0.3) is 5.57 Å². The third-order valence-electron chi connectivity index (χ3n) is 3.09. The number of epoxide rings is 1. The van der Waals surface area contributed by atoms with Gasteiger partial charge in [-0.25, -0.2) is 0 Å². The van der Waals surface area contributed by atoms with Gasteiger partial charge in [0.05, 0.1) is 0 Å². The lowest BCUT2D eigenvalue weighted by Crippen LogP contribution is -2.29. The maximum atomic E-state index is 12.0. The molecule has 0 bridgehead atoms. The first-order valence-corrected chi connectivity index (χ1v) is 4.65. The first-order chi connectivity index (χ1) is 6.64. The van der Waals surface area contributed by atoms with Gasteiger partial charge < -0.3 is 4.74 Å². The van der Waals surface area contributed by atoms with Gasteiger partial charge in [-0.3, -0.25) is 4.79 Å². The van der Waals surface area contributed by atoms with E-state index in [2.05, 4.69) is 6.58 Å². The number of carbonyl (C=O) groups is 1. The largest absolute Gasteiger partial charge is 0.353 e. The molecule has 0 aromatic heterocycles. The highest BCUT2D eigenvalue weighted by molar-refractivity contribution is 6.13. The van der Waals surface area contributed by atoms with Gasteiger partial charge in [-0.1, -0.05) is 30.8 Å². The van der Waals surface area contributed by atoms with Gasteiger partial charge in [0.15, 0.2) is 11.4 Å². The molecule has 0 radical (unpaired) electrons. The van der Waals surface area contributed by atoms with Crippen molar-refractivity contribution in [1.29, 1.82) is 0 Å². The summed E-state index contributed by atoms with van der Waals surface area (Å²) in [5.74, 6) is 0.0884. The normalized spacial score (nSPS) is 33.6. The molecule has 0 spiro atoms. The van der Waals surface area contributed by atoms with Crippen molar-refractivity contribution >= 4 is 11.4 Å². The summed E-state index contributed by atoms with van der Waals surface area (Å²) < 4.78 is 5.42. The van der Waals surface area contributed by atoms with E-state index >= 15 is 0 Å². The summed E-state index contributed by atoms with van der Waals surface area (Å²) in [7, 11) is 0. The minimum atomic E-state index is -0.620.